The minimum atomic E-state index is -4.95. The number of amides is 1. The van der Waals surface area contributed by atoms with Crippen molar-refractivity contribution in [1.82, 2.24) is 9.88 Å². The van der Waals surface area contributed by atoms with E-state index in [9.17, 15) is 31.1 Å². The molecule has 1 aliphatic rings. The van der Waals surface area contributed by atoms with E-state index in [4.69, 9.17) is 0 Å². The van der Waals surface area contributed by atoms with Gasteiger partial charge in [0.05, 0.1) is 11.1 Å². The number of pyridine rings is 1. The molecule has 3 aromatic rings. The van der Waals surface area contributed by atoms with E-state index in [2.05, 4.69) is 9.88 Å². The molecule has 4 rings (SSSR count). The molecule has 4 nitrogen and oxygen atoms in total. The molecule has 1 amide bonds. The molecule has 1 aromatic heterocycles. The summed E-state index contributed by atoms with van der Waals surface area (Å²) in [6, 6.07) is 16.4. The van der Waals surface area contributed by atoms with Gasteiger partial charge >= 0.3 is 12.4 Å². The van der Waals surface area contributed by atoms with E-state index in [0.717, 1.165) is 11.4 Å². The van der Waals surface area contributed by atoms with Crippen molar-refractivity contribution in [1.29, 1.82) is 0 Å². The van der Waals surface area contributed by atoms with Gasteiger partial charge in [-0.3, -0.25) is 4.79 Å². The highest BCUT2D eigenvalue weighted by Crippen LogP contribution is 2.38. The summed E-state index contributed by atoms with van der Waals surface area (Å²) in [5, 5.41) is 0. The monoisotopic (exact) mass is 557 g/mol. The standard InChI is InChI=1S/C27H25F6N3O.ClH/c1-35(16-18-13-20(26(28,29)30)15-21(14-18)27(31,32)33)25(37)22-10-12-36(24-9-5-6-11-34-24)17-23(22)19-7-3-2-4-8-19;/h2-9,11,13-15,22-23H,10,12,16-17H2,1H3;1H/t22-,23-;/m0./s1. The lowest BCUT2D eigenvalue weighted by Crippen LogP contribution is -2.46. The van der Waals surface area contributed by atoms with Crippen LogP contribution in [0.15, 0.2) is 72.9 Å². The van der Waals surface area contributed by atoms with Gasteiger partial charge in [-0.2, -0.15) is 26.3 Å². The van der Waals surface area contributed by atoms with Crippen molar-refractivity contribution < 1.29 is 31.1 Å². The summed E-state index contributed by atoms with van der Waals surface area (Å²) in [5.41, 5.74) is -2.11. The van der Waals surface area contributed by atoms with Crippen LogP contribution in [0.3, 0.4) is 0 Å². The molecule has 204 valence electrons. The van der Waals surface area contributed by atoms with Crippen molar-refractivity contribution in [3.05, 3.63) is 95.2 Å². The van der Waals surface area contributed by atoms with Crippen LogP contribution < -0.4 is 4.90 Å². The normalized spacial score (nSPS) is 18.0. The van der Waals surface area contributed by atoms with E-state index >= 15 is 0 Å². The Balaban J connectivity index is 0.00000400. The lowest BCUT2D eigenvalue weighted by molar-refractivity contribution is -0.143. The average Bonchev–Trinajstić information content (AvgIpc) is 2.87. The highest BCUT2D eigenvalue weighted by Gasteiger charge is 2.39. The molecule has 0 N–H and O–H groups in total. The zero-order valence-corrected chi connectivity index (χ0v) is 21.2. The number of nitrogens with zero attached hydrogens (tertiary/aromatic N) is 3. The smallest absolute Gasteiger partial charge is 0.356 e. The maximum absolute atomic E-state index is 13.5. The van der Waals surface area contributed by atoms with E-state index in [0.29, 0.717) is 31.6 Å². The van der Waals surface area contributed by atoms with Gasteiger partial charge in [-0.15, -0.1) is 12.4 Å². The van der Waals surface area contributed by atoms with Crippen LogP contribution in [0.5, 0.6) is 0 Å². The fraction of sp³-hybridized carbons (Fsp3) is 0.333. The second-order valence-corrected chi connectivity index (χ2v) is 9.15. The molecule has 0 saturated carbocycles. The second-order valence-electron chi connectivity index (χ2n) is 9.15. The Hall–Kier alpha value is -3.27. The van der Waals surface area contributed by atoms with Crippen LogP contribution in [-0.2, 0) is 23.7 Å². The number of hydrogen-bond donors (Lipinski definition) is 0. The van der Waals surface area contributed by atoms with Gasteiger partial charge in [0, 0.05) is 44.7 Å². The quantitative estimate of drug-likeness (QED) is 0.323. The van der Waals surface area contributed by atoms with Gasteiger partial charge in [-0.25, -0.2) is 4.98 Å². The molecule has 0 bridgehead atoms. The summed E-state index contributed by atoms with van der Waals surface area (Å²) >= 11 is 0. The van der Waals surface area contributed by atoms with Gasteiger partial charge in [0.2, 0.25) is 5.91 Å². The van der Waals surface area contributed by atoms with Crippen molar-refractivity contribution in [3.63, 3.8) is 0 Å². The summed E-state index contributed by atoms with van der Waals surface area (Å²) in [4.78, 5) is 21.2. The number of piperidine rings is 1. The molecule has 38 heavy (non-hydrogen) atoms. The first kappa shape index (κ1) is 29.3. The summed E-state index contributed by atoms with van der Waals surface area (Å²) in [5.74, 6) is -0.300. The lowest BCUT2D eigenvalue weighted by Gasteiger charge is -2.40. The van der Waals surface area contributed by atoms with Crippen molar-refractivity contribution in [2.45, 2.75) is 31.2 Å². The van der Waals surface area contributed by atoms with Gasteiger partial charge in [0.15, 0.2) is 0 Å². The van der Waals surface area contributed by atoms with E-state index in [1.165, 1.54) is 11.9 Å². The number of aromatic nitrogens is 1. The summed E-state index contributed by atoms with van der Waals surface area (Å²) in [6.45, 7) is 0.646. The van der Waals surface area contributed by atoms with Crippen molar-refractivity contribution >= 4 is 24.1 Å². The molecule has 0 unspecified atom stereocenters. The van der Waals surface area contributed by atoms with Gasteiger partial charge in [-0.1, -0.05) is 36.4 Å². The molecule has 0 radical (unpaired) electrons. The van der Waals surface area contributed by atoms with E-state index in [-0.39, 0.29) is 42.4 Å². The third-order valence-corrected chi connectivity index (χ3v) is 6.57. The molecule has 2 atom stereocenters. The minimum Gasteiger partial charge on any atom is -0.356 e. The van der Waals surface area contributed by atoms with Gasteiger partial charge in [0.1, 0.15) is 5.82 Å². The van der Waals surface area contributed by atoms with Crippen molar-refractivity contribution in [3.8, 4) is 0 Å². The fourth-order valence-corrected chi connectivity index (χ4v) is 4.78. The van der Waals surface area contributed by atoms with Gasteiger partial charge in [0.25, 0.3) is 0 Å². The topological polar surface area (TPSA) is 36.4 Å². The minimum absolute atomic E-state index is 0. The predicted molar refractivity (Wildman–Crippen MR) is 134 cm³/mol. The number of carbonyl (C=O) groups is 1. The molecule has 0 spiro atoms. The van der Waals surface area contributed by atoms with Crippen LogP contribution >= 0.6 is 12.4 Å². The Bertz CT molecular complexity index is 1190. The molecule has 2 aromatic carbocycles. The van der Waals surface area contributed by atoms with Gasteiger partial charge in [-0.05, 0) is 47.9 Å². The predicted octanol–water partition coefficient (Wildman–Crippen LogP) is 6.81. The van der Waals surface area contributed by atoms with Crippen LogP contribution in [0.2, 0.25) is 0 Å². The van der Waals surface area contributed by atoms with Crippen molar-refractivity contribution in [2.24, 2.45) is 5.92 Å². The molecule has 1 aliphatic heterocycles. The number of anilines is 1. The van der Waals surface area contributed by atoms with E-state index in [1.807, 2.05) is 42.5 Å². The molecule has 1 saturated heterocycles. The Morgan fingerprint density at radius 2 is 1.55 bits per heavy atom. The fourth-order valence-electron chi connectivity index (χ4n) is 4.78. The maximum atomic E-state index is 13.5. The Morgan fingerprint density at radius 1 is 0.947 bits per heavy atom. The van der Waals surface area contributed by atoms with Gasteiger partial charge < -0.3 is 9.80 Å². The third-order valence-electron chi connectivity index (χ3n) is 6.57. The van der Waals surface area contributed by atoms with E-state index < -0.39 is 29.4 Å². The zero-order valence-electron chi connectivity index (χ0n) is 20.3. The Morgan fingerprint density at radius 3 is 2.11 bits per heavy atom. The maximum Gasteiger partial charge on any atom is 0.416 e. The number of alkyl halides is 6. The number of hydrogen-bond acceptors (Lipinski definition) is 3. The Kier molecular flexibility index (Phi) is 8.97. The first-order chi connectivity index (χ1) is 17.4. The highest BCUT2D eigenvalue weighted by molar-refractivity contribution is 5.85. The zero-order chi connectivity index (χ0) is 26.8. The first-order valence-electron chi connectivity index (χ1n) is 11.7. The van der Waals surface area contributed by atoms with Crippen molar-refractivity contribution in [2.75, 3.05) is 25.0 Å². The molecule has 11 heteroatoms. The largest absolute Gasteiger partial charge is 0.416 e. The van der Waals surface area contributed by atoms with Crippen LogP contribution in [-0.4, -0.2) is 35.9 Å². The SMILES string of the molecule is CN(Cc1cc(C(F)(F)F)cc(C(F)(F)F)c1)C(=O)[C@H]1CCN(c2ccccn2)C[C@H]1c1ccccc1.Cl. The highest BCUT2D eigenvalue weighted by atomic mass is 35.5. The van der Waals surface area contributed by atoms with E-state index in [1.54, 1.807) is 12.3 Å². The number of halogens is 7. The average molecular weight is 558 g/mol. The first-order valence-corrected chi connectivity index (χ1v) is 11.7. The van der Waals surface area contributed by atoms with Crippen LogP contribution in [0.1, 0.15) is 34.6 Å². The summed E-state index contributed by atoms with van der Waals surface area (Å²) in [7, 11) is 1.41. The molecular weight excluding hydrogens is 532 g/mol. The summed E-state index contributed by atoms with van der Waals surface area (Å²) < 4.78 is 79.7. The molecule has 2 heterocycles. The van der Waals surface area contributed by atoms with Crippen LogP contribution in [0, 0.1) is 5.92 Å². The second kappa shape index (κ2) is 11.6. The number of rotatable bonds is 5. The molecular formula is C27H26ClF6N3O. The lowest BCUT2D eigenvalue weighted by atomic mass is 9.79. The molecule has 1 fully saturated rings. The van der Waals surface area contributed by atoms with Crippen LogP contribution in [0.4, 0.5) is 32.2 Å². The Labute approximate surface area is 222 Å². The third kappa shape index (κ3) is 6.78. The van der Waals surface area contributed by atoms with Crippen LogP contribution in [0.25, 0.3) is 0 Å². The summed E-state index contributed by atoms with van der Waals surface area (Å²) in [6.07, 6.45) is -7.76. The number of benzene rings is 2. The number of carbonyl (C=O) groups excluding carboxylic acids is 1. The molecule has 0 aliphatic carbocycles.